The molecule has 2 aromatic rings. The molecule has 1 aromatic carbocycles. The Morgan fingerprint density at radius 2 is 1.94 bits per heavy atom. The highest BCUT2D eigenvalue weighted by molar-refractivity contribution is 7.72. The van der Waals surface area contributed by atoms with Crippen molar-refractivity contribution in [2.45, 2.75) is 0 Å². The van der Waals surface area contributed by atoms with Crippen molar-refractivity contribution in [1.29, 1.82) is 0 Å². The molecule has 0 aliphatic carbocycles. The summed E-state index contributed by atoms with van der Waals surface area (Å²) in [6, 6.07) is 9.09. The molecule has 0 saturated carbocycles. The van der Waals surface area contributed by atoms with E-state index in [4.69, 9.17) is 4.52 Å². The van der Waals surface area contributed by atoms with E-state index in [1.807, 2.05) is 5.38 Å². The summed E-state index contributed by atoms with van der Waals surface area (Å²) in [5.41, 5.74) is -0.0237. The van der Waals surface area contributed by atoms with E-state index in [1.165, 1.54) is 42.3 Å². The summed E-state index contributed by atoms with van der Waals surface area (Å²) in [6.07, 6.45) is 0. The van der Waals surface area contributed by atoms with Crippen molar-refractivity contribution in [2.24, 2.45) is 0 Å². The maximum Gasteiger partial charge on any atom is 0.283 e. The van der Waals surface area contributed by atoms with Crippen LogP contribution in [0.4, 0.5) is 5.69 Å². The van der Waals surface area contributed by atoms with Crippen LogP contribution in [0.2, 0.25) is 0 Å². The lowest BCUT2D eigenvalue weighted by Gasteiger charge is -2.13. The SMILES string of the molecule is CP(=O)(Oc1ccc([N+](=O)[O-])cc1)c1cccs1. The van der Waals surface area contributed by atoms with Crippen LogP contribution in [0.25, 0.3) is 0 Å². The first-order valence-electron chi connectivity index (χ1n) is 5.05. The third-order valence-corrected chi connectivity index (χ3v) is 5.72. The van der Waals surface area contributed by atoms with Crippen molar-refractivity contribution in [2.75, 3.05) is 6.66 Å². The molecule has 0 spiro atoms. The van der Waals surface area contributed by atoms with Gasteiger partial charge in [0.2, 0.25) is 0 Å². The first-order chi connectivity index (χ1) is 8.49. The lowest BCUT2D eigenvalue weighted by Crippen LogP contribution is -2.03. The van der Waals surface area contributed by atoms with Crippen LogP contribution in [0.15, 0.2) is 41.8 Å². The molecule has 0 fully saturated rings. The van der Waals surface area contributed by atoms with Gasteiger partial charge in [-0.15, -0.1) is 11.3 Å². The summed E-state index contributed by atoms with van der Waals surface area (Å²) < 4.78 is 18.4. The Hall–Kier alpha value is -1.65. The molecule has 0 radical (unpaired) electrons. The molecule has 2 rings (SSSR count). The molecular weight excluding hydrogens is 273 g/mol. The van der Waals surface area contributed by atoms with Crippen LogP contribution >= 0.6 is 18.7 Å². The van der Waals surface area contributed by atoms with Gasteiger partial charge in [0.25, 0.3) is 13.1 Å². The molecule has 0 amide bonds. The molecule has 1 aromatic heterocycles. The number of nitro groups is 1. The fourth-order valence-corrected chi connectivity index (χ4v) is 3.86. The molecule has 7 heteroatoms. The Labute approximate surface area is 108 Å². The summed E-state index contributed by atoms with van der Waals surface area (Å²) >= 11 is 1.36. The lowest BCUT2D eigenvalue weighted by atomic mass is 10.3. The number of nitrogens with zero attached hydrogens (tertiary/aromatic N) is 1. The Kier molecular flexibility index (Phi) is 3.50. The van der Waals surface area contributed by atoms with Gasteiger partial charge in [-0.2, -0.15) is 0 Å². The van der Waals surface area contributed by atoms with E-state index < -0.39 is 12.3 Å². The van der Waals surface area contributed by atoms with Crippen molar-refractivity contribution in [1.82, 2.24) is 0 Å². The zero-order chi connectivity index (χ0) is 13.2. The minimum atomic E-state index is -2.91. The molecule has 0 aliphatic heterocycles. The van der Waals surface area contributed by atoms with Gasteiger partial charge in [0, 0.05) is 18.8 Å². The predicted octanol–water partition coefficient (Wildman–Crippen LogP) is 3.27. The van der Waals surface area contributed by atoms with E-state index in [2.05, 4.69) is 0 Å². The average Bonchev–Trinajstić information content (AvgIpc) is 2.83. The Morgan fingerprint density at radius 3 is 2.44 bits per heavy atom. The third kappa shape index (κ3) is 2.78. The van der Waals surface area contributed by atoms with Crippen LogP contribution in [-0.2, 0) is 4.57 Å². The highest BCUT2D eigenvalue weighted by atomic mass is 32.1. The molecule has 1 unspecified atom stereocenters. The van der Waals surface area contributed by atoms with Crippen LogP contribution in [0, 0.1) is 10.1 Å². The fourth-order valence-electron chi connectivity index (χ4n) is 1.38. The number of rotatable bonds is 4. The second-order valence-corrected chi connectivity index (χ2v) is 7.25. The minimum absolute atomic E-state index is 0.0237. The van der Waals surface area contributed by atoms with Gasteiger partial charge in [0.1, 0.15) is 10.4 Å². The summed E-state index contributed by atoms with van der Waals surface area (Å²) in [4.78, 5) is 10.0. The van der Waals surface area contributed by atoms with Gasteiger partial charge in [0.05, 0.1) is 4.92 Å². The van der Waals surface area contributed by atoms with Gasteiger partial charge in [-0.25, -0.2) is 0 Å². The Balaban J connectivity index is 2.19. The summed E-state index contributed by atoms with van der Waals surface area (Å²) in [5.74, 6) is 0.361. The Bertz CT molecular complexity index is 594. The van der Waals surface area contributed by atoms with Crippen molar-refractivity contribution in [3.8, 4) is 5.75 Å². The molecular formula is C11H10NO4PS. The molecule has 1 atom stereocenters. The van der Waals surface area contributed by atoms with Crippen LogP contribution in [0.1, 0.15) is 0 Å². The minimum Gasteiger partial charge on any atom is -0.439 e. The molecule has 1 heterocycles. The van der Waals surface area contributed by atoms with Crippen LogP contribution in [0.5, 0.6) is 5.75 Å². The number of nitro benzene ring substituents is 1. The predicted molar refractivity (Wildman–Crippen MR) is 71.2 cm³/mol. The highest BCUT2D eigenvalue weighted by Crippen LogP contribution is 2.43. The summed E-state index contributed by atoms with van der Waals surface area (Å²) in [6.45, 7) is 1.53. The number of hydrogen-bond acceptors (Lipinski definition) is 5. The normalized spacial score (nSPS) is 13.8. The molecule has 0 saturated heterocycles. The zero-order valence-corrected chi connectivity index (χ0v) is 11.2. The van der Waals surface area contributed by atoms with Gasteiger partial charge in [-0.05, 0) is 23.6 Å². The Morgan fingerprint density at radius 1 is 1.28 bits per heavy atom. The van der Waals surface area contributed by atoms with Gasteiger partial charge in [0.15, 0.2) is 0 Å². The number of thiophene rings is 1. The van der Waals surface area contributed by atoms with Gasteiger partial charge >= 0.3 is 0 Å². The number of non-ortho nitro benzene ring substituents is 1. The first kappa shape index (κ1) is 12.8. The van der Waals surface area contributed by atoms with Crippen LogP contribution in [0.3, 0.4) is 0 Å². The second kappa shape index (κ2) is 4.92. The monoisotopic (exact) mass is 283 g/mol. The van der Waals surface area contributed by atoms with Crippen molar-refractivity contribution in [3.05, 3.63) is 51.9 Å². The molecule has 94 valence electrons. The molecule has 18 heavy (non-hydrogen) atoms. The van der Waals surface area contributed by atoms with E-state index in [0.717, 1.165) is 0 Å². The molecule has 5 nitrogen and oxygen atoms in total. The van der Waals surface area contributed by atoms with E-state index in [1.54, 1.807) is 12.1 Å². The zero-order valence-electron chi connectivity index (χ0n) is 9.48. The van der Waals surface area contributed by atoms with E-state index in [-0.39, 0.29) is 5.69 Å². The average molecular weight is 283 g/mol. The van der Waals surface area contributed by atoms with E-state index in [0.29, 0.717) is 10.4 Å². The van der Waals surface area contributed by atoms with Gasteiger partial charge in [-0.3, -0.25) is 14.7 Å². The van der Waals surface area contributed by atoms with Gasteiger partial charge in [-0.1, -0.05) is 6.07 Å². The van der Waals surface area contributed by atoms with Crippen molar-refractivity contribution < 1.29 is 14.0 Å². The topological polar surface area (TPSA) is 69.4 Å². The standard InChI is InChI=1S/C11H10NO4PS/c1-17(15,11-3-2-8-18-11)16-10-6-4-9(5-7-10)12(13)14/h2-8H,1H3. The van der Waals surface area contributed by atoms with E-state index in [9.17, 15) is 14.7 Å². The van der Waals surface area contributed by atoms with E-state index >= 15 is 0 Å². The molecule has 0 N–H and O–H groups in total. The largest absolute Gasteiger partial charge is 0.439 e. The van der Waals surface area contributed by atoms with Gasteiger partial charge < -0.3 is 4.52 Å². The van der Waals surface area contributed by atoms with Crippen molar-refractivity contribution in [3.63, 3.8) is 0 Å². The second-order valence-electron chi connectivity index (χ2n) is 3.64. The lowest BCUT2D eigenvalue weighted by molar-refractivity contribution is -0.384. The van der Waals surface area contributed by atoms with Crippen molar-refractivity contribution >= 4 is 29.0 Å². The van der Waals surface area contributed by atoms with Crippen LogP contribution < -0.4 is 9.14 Å². The maximum absolute atomic E-state index is 12.3. The molecule has 0 aliphatic rings. The fraction of sp³-hybridized carbons (Fsp3) is 0.0909. The smallest absolute Gasteiger partial charge is 0.283 e. The van der Waals surface area contributed by atoms with Crippen LogP contribution in [-0.4, -0.2) is 11.6 Å². The molecule has 0 bridgehead atoms. The number of hydrogen-bond donors (Lipinski definition) is 0. The quantitative estimate of drug-likeness (QED) is 0.490. The summed E-state index contributed by atoms with van der Waals surface area (Å²) in [5, 5.41) is 12.3. The number of benzene rings is 1. The highest BCUT2D eigenvalue weighted by Gasteiger charge is 2.22. The maximum atomic E-state index is 12.3. The third-order valence-electron chi connectivity index (χ3n) is 2.23. The summed E-state index contributed by atoms with van der Waals surface area (Å²) in [7, 11) is -2.91. The first-order valence-corrected chi connectivity index (χ1v) is 8.00.